The topological polar surface area (TPSA) is 0 Å². The van der Waals surface area contributed by atoms with Gasteiger partial charge in [-0.05, 0) is 35.1 Å². The highest BCUT2D eigenvalue weighted by Gasteiger charge is 2.42. The van der Waals surface area contributed by atoms with Crippen molar-refractivity contribution in [3.63, 3.8) is 0 Å². The first-order valence-corrected chi connectivity index (χ1v) is 8.11. The molecule has 0 heteroatoms. The number of hydrogen-bond donors (Lipinski definition) is 0. The molecule has 4 rings (SSSR count). The van der Waals surface area contributed by atoms with Gasteiger partial charge in [0, 0.05) is 5.41 Å². The van der Waals surface area contributed by atoms with Gasteiger partial charge in [-0.25, -0.2) is 0 Å². The highest BCUT2D eigenvalue weighted by Crippen LogP contribution is 2.55. The van der Waals surface area contributed by atoms with Gasteiger partial charge in [-0.3, -0.25) is 0 Å². The Morgan fingerprint density at radius 2 is 1.10 bits per heavy atom. The van der Waals surface area contributed by atoms with Gasteiger partial charge in [0.15, 0.2) is 0 Å². The van der Waals surface area contributed by atoms with Gasteiger partial charge < -0.3 is 0 Å². The second-order valence-electron chi connectivity index (χ2n) is 5.73. The van der Waals surface area contributed by atoms with Crippen molar-refractivity contribution < 1.29 is 0 Å². The minimum atomic E-state index is 0.339. The van der Waals surface area contributed by atoms with E-state index in [4.69, 9.17) is 0 Å². The third-order valence-corrected chi connectivity index (χ3v) is 4.88. The molecular weight excluding hydrogens is 240 g/mol. The standard InChI is InChI=1S/C18H18.C2H6/c1-6-12-18(13-7-1)16-10-4-2-8-14(16)15-9-3-5-11-17(15)18;1-2/h2-5,8-11H,1,6-7,12-13H2;1-2H3. The fraction of sp³-hybridized carbons (Fsp3) is 0.400. The van der Waals surface area contributed by atoms with Gasteiger partial charge in [0.1, 0.15) is 0 Å². The number of benzene rings is 2. The molecule has 0 heterocycles. The van der Waals surface area contributed by atoms with Crippen LogP contribution in [0.3, 0.4) is 0 Å². The van der Waals surface area contributed by atoms with Crippen molar-refractivity contribution in [1.29, 1.82) is 0 Å². The number of rotatable bonds is 0. The summed E-state index contributed by atoms with van der Waals surface area (Å²) in [6.45, 7) is 4.00. The summed E-state index contributed by atoms with van der Waals surface area (Å²) in [4.78, 5) is 0. The van der Waals surface area contributed by atoms with E-state index >= 15 is 0 Å². The van der Waals surface area contributed by atoms with E-state index in [0.717, 1.165) is 0 Å². The van der Waals surface area contributed by atoms with E-state index in [2.05, 4.69) is 48.5 Å². The third kappa shape index (κ3) is 1.82. The predicted octanol–water partition coefficient (Wildman–Crippen LogP) is 5.94. The van der Waals surface area contributed by atoms with Gasteiger partial charge >= 0.3 is 0 Å². The molecule has 2 aliphatic carbocycles. The molecule has 2 aromatic carbocycles. The molecule has 2 aliphatic rings. The van der Waals surface area contributed by atoms with Gasteiger partial charge in [0.05, 0.1) is 0 Å². The molecule has 2 aromatic rings. The second kappa shape index (κ2) is 5.44. The van der Waals surface area contributed by atoms with E-state index in [1.807, 2.05) is 13.8 Å². The Bertz CT molecular complexity index is 541. The minimum Gasteiger partial charge on any atom is -0.0683 e. The Labute approximate surface area is 122 Å². The van der Waals surface area contributed by atoms with Gasteiger partial charge in [0.25, 0.3) is 0 Å². The maximum atomic E-state index is 2.36. The lowest BCUT2D eigenvalue weighted by atomic mass is 9.68. The molecule has 0 bridgehead atoms. The van der Waals surface area contributed by atoms with E-state index in [9.17, 15) is 0 Å². The van der Waals surface area contributed by atoms with Gasteiger partial charge in [-0.1, -0.05) is 81.6 Å². The molecule has 1 saturated carbocycles. The van der Waals surface area contributed by atoms with Crippen molar-refractivity contribution in [2.75, 3.05) is 0 Å². The van der Waals surface area contributed by atoms with Crippen LogP contribution in [-0.2, 0) is 5.41 Å². The zero-order valence-corrected chi connectivity index (χ0v) is 12.7. The first kappa shape index (κ1) is 13.4. The quantitative estimate of drug-likeness (QED) is 0.552. The first-order valence-electron chi connectivity index (χ1n) is 8.11. The van der Waals surface area contributed by atoms with Crippen molar-refractivity contribution in [2.45, 2.75) is 51.4 Å². The van der Waals surface area contributed by atoms with Crippen LogP contribution in [0.1, 0.15) is 57.1 Å². The highest BCUT2D eigenvalue weighted by atomic mass is 14.5. The molecule has 0 aliphatic heterocycles. The van der Waals surface area contributed by atoms with E-state index in [1.165, 1.54) is 43.2 Å². The molecule has 20 heavy (non-hydrogen) atoms. The lowest BCUT2D eigenvalue weighted by Gasteiger charge is -2.35. The summed E-state index contributed by atoms with van der Waals surface area (Å²) >= 11 is 0. The molecular formula is C20H24. The lowest BCUT2D eigenvalue weighted by molar-refractivity contribution is 0.353. The number of hydrogen-bond acceptors (Lipinski definition) is 0. The predicted molar refractivity (Wildman–Crippen MR) is 87.1 cm³/mol. The molecule has 104 valence electrons. The summed E-state index contributed by atoms with van der Waals surface area (Å²) in [5.41, 5.74) is 6.48. The maximum absolute atomic E-state index is 2.36. The Hall–Kier alpha value is -1.56. The molecule has 0 amide bonds. The van der Waals surface area contributed by atoms with Crippen molar-refractivity contribution in [3.8, 4) is 11.1 Å². The Morgan fingerprint density at radius 3 is 1.60 bits per heavy atom. The van der Waals surface area contributed by atoms with Crippen LogP contribution in [-0.4, -0.2) is 0 Å². The molecule has 0 N–H and O–H groups in total. The monoisotopic (exact) mass is 264 g/mol. The van der Waals surface area contributed by atoms with Crippen molar-refractivity contribution in [1.82, 2.24) is 0 Å². The van der Waals surface area contributed by atoms with E-state index in [-0.39, 0.29) is 0 Å². The normalized spacial score (nSPS) is 17.9. The largest absolute Gasteiger partial charge is 0.0683 e. The summed E-state index contributed by atoms with van der Waals surface area (Å²) < 4.78 is 0. The van der Waals surface area contributed by atoms with E-state index in [1.54, 1.807) is 11.1 Å². The molecule has 0 aromatic heterocycles. The van der Waals surface area contributed by atoms with Crippen LogP contribution in [0.2, 0.25) is 0 Å². The second-order valence-corrected chi connectivity index (χ2v) is 5.73. The average molecular weight is 264 g/mol. The molecule has 0 unspecified atom stereocenters. The van der Waals surface area contributed by atoms with E-state index in [0.29, 0.717) is 5.41 Å². The van der Waals surface area contributed by atoms with Gasteiger partial charge in [-0.2, -0.15) is 0 Å². The summed E-state index contributed by atoms with van der Waals surface area (Å²) in [6.07, 6.45) is 6.83. The highest BCUT2D eigenvalue weighted by molar-refractivity contribution is 5.81. The number of fused-ring (bicyclic) bond motifs is 5. The summed E-state index contributed by atoms with van der Waals surface area (Å²) in [7, 11) is 0. The molecule has 1 spiro atoms. The van der Waals surface area contributed by atoms with Crippen LogP contribution in [0.4, 0.5) is 0 Å². The summed E-state index contributed by atoms with van der Waals surface area (Å²) in [6, 6.07) is 18.1. The first-order chi connectivity index (χ1) is 9.92. The van der Waals surface area contributed by atoms with Crippen LogP contribution in [0.15, 0.2) is 48.5 Å². The van der Waals surface area contributed by atoms with Crippen molar-refractivity contribution in [3.05, 3.63) is 59.7 Å². The summed E-state index contributed by atoms with van der Waals surface area (Å²) in [5, 5.41) is 0. The Balaban J connectivity index is 0.000000581. The van der Waals surface area contributed by atoms with Crippen molar-refractivity contribution in [2.24, 2.45) is 0 Å². The smallest absolute Gasteiger partial charge is 0.0215 e. The van der Waals surface area contributed by atoms with Crippen LogP contribution >= 0.6 is 0 Å². The average Bonchev–Trinajstić information content (AvgIpc) is 2.82. The Morgan fingerprint density at radius 1 is 0.650 bits per heavy atom. The van der Waals surface area contributed by atoms with Crippen LogP contribution in [0.5, 0.6) is 0 Å². The van der Waals surface area contributed by atoms with Crippen molar-refractivity contribution >= 4 is 0 Å². The molecule has 0 saturated heterocycles. The lowest BCUT2D eigenvalue weighted by Crippen LogP contribution is -2.27. The van der Waals surface area contributed by atoms with E-state index < -0.39 is 0 Å². The van der Waals surface area contributed by atoms with Crippen LogP contribution < -0.4 is 0 Å². The SMILES string of the molecule is CC.c1ccc2c(c1)-c1ccccc1C21CCCCC1. The third-order valence-electron chi connectivity index (χ3n) is 4.88. The zero-order valence-electron chi connectivity index (χ0n) is 12.7. The zero-order chi connectivity index (χ0) is 14.0. The summed E-state index contributed by atoms with van der Waals surface area (Å²) in [5.74, 6) is 0. The molecule has 0 radical (unpaired) electrons. The van der Waals surface area contributed by atoms with Gasteiger partial charge in [-0.15, -0.1) is 0 Å². The molecule has 0 atom stereocenters. The molecule has 1 fully saturated rings. The van der Waals surface area contributed by atoms with Gasteiger partial charge in [0.2, 0.25) is 0 Å². The maximum Gasteiger partial charge on any atom is 0.0215 e. The van der Waals surface area contributed by atoms with Crippen LogP contribution in [0.25, 0.3) is 11.1 Å². The Kier molecular flexibility index (Phi) is 3.65. The fourth-order valence-corrected chi connectivity index (χ4v) is 4.11. The fourth-order valence-electron chi connectivity index (χ4n) is 4.11. The minimum absolute atomic E-state index is 0.339. The van der Waals surface area contributed by atoms with Crippen LogP contribution in [0, 0.1) is 0 Å². The molecule has 0 nitrogen and oxygen atoms in total.